The molecular weight excluding hydrogens is 246 g/mol. The minimum Gasteiger partial charge on any atom is -0.378 e. The summed E-state index contributed by atoms with van der Waals surface area (Å²) < 4.78 is 0. The van der Waals surface area contributed by atoms with Crippen molar-refractivity contribution in [3.8, 4) is 0 Å². The maximum Gasteiger partial charge on any atom is 0.154 e. The van der Waals surface area contributed by atoms with E-state index in [0.717, 1.165) is 11.3 Å². The first kappa shape index (κ1) is 14.1. The second-order valence-electron chi connectivity index (χ2n) is 4.81. The molecule has 1 atom stereocenters. The highest BCUT2D eigenvalue weighted by Crippen LogP contribution is 2.18. The third-order valence-corrected chi connectivity index (χ3v) is 3.10. The van der Waals surface area contributed by atoms with Crippen LogP contribution in [0.1, 0.15) is 31.0 Å². The summed E-state index contributed by atoms with van der Waals surface area (Å²) in [6.07, 6.45) is 1.65. The number of carbonyl (C=O) groups excluding carboxylic acids is 1. The lowest BCUT2D eigenvalue weighted by Gasteiger charge is -2.18. The van der Waals surface area contributed by atoms with E-state index >= 15 is 0 Å². The standard InChI is InChI=1S/C18H19NO/c1-14(20)13-18(17-11-7-4-8-12-17)19-15(2)16-9-5-3-6-10-16/h3-13,15,19H,1-2H3/b18-13+. The van der Waals surface area contributed by atoms with Crippen LogP contribution in [0.2, 0.25) is 0 Å². The molecule has 0 heterocycles. The Kier molecular flexibility index (Phi) is 4.72. The van der Waals surface area contributed by atoms with E-state index in [2.05, 4.69) is 24.4 Å². The van der Waals surface area contributed by atoms with Crippen molar-refractivity contribution in [2.75, 3.05) is 0 Å². The molecule has 2 aromatic rings. The summed E-state index contributed by atoms with van der Waals surface area (Å²) in [4.78, 5) is 11.4. The number of carbonyl (C=O) groups is 1. The van der Waals surface area contributed by atoms with Crippen molar-refractivity contribution in [3.05, 3.63) is 77.9 Å². The first-order chi connectivity index (χ1) is 9.66. The third kappa shape index (κ3) is 3.82. The van der Waals surface area contributed by atoms with Crippen LogP contribution in [-0.2, 0) is 4.79 Å². The summed E-state index contributed by atoms with van der Waals surface area (Å²) in [5.41, 5.74) is 3.07. The van der Waals surface area contributed by atoms with Gasteiger partial charge in [0.1, 0.15) is 0 Å². The van der Waals surface area contributed by atoms with E-state index < -0.39 is 0 Å². The minimum absolute atomic E-state index is 0.0385. The Bertz CT molecular complexity index is 587. The Morgan fingerprint density at radius 3 is 2.10 bits per heavy atom. The van der Waals surface area contributed by atoms with E-state index in [-0.39, 0.29) is 11.8 Å². The maximum absolute atomic E-state index is 11.4. The Morgan fingerprint density at radius 2 is 1.55 bits per heavy atom. The number of allylic oxidation sites excluding steroid dienone is 1. The third-order valence-electron chi connectivity index (χ3n) is 3.10. The van der Waals surface area contributed by atoms with Gasteiger partial charge in [-0.25, -0.2) is 0 Å². The molecule has 0 aromatic heterocycles. The fourth-order valence-corrected chi connectivity index (χ4v) is 2.09. The van der Waals surface area contributed by atoms with Crippen LogP contribution in [0, 0.1) is 0 Å². The number of benzene rings is 2. The van der Waals surface area contributed by atoms with Gasteiger partial charge < -0.3 is 5.32 Å². The molecule has 0 radical (unpaired) electrons. The summed E-state index contributed by atoms with van der Waals surface area (Å²) >= 11 is 0. The minimum atomic E-state index is 0.0385. The topological polar surface area (TPSA) is 29.1 Å². The highest BCUT2D eigenvalue weighted by molar-refractivity contribution is 5.94. The van der Waals surface area contributed by atoms with Crippen LogP contribution in [0.25, 0.3) is 5.70 Å². The maximum atomic E-state index is 11.4. The molecule has 2 rings (SSSR count). The molecule has 20 heavy (non-hydrogen) atoms. The average Bonchev–Trinajstić information content (AvgIpc) is 2.48. The van der Waals surface area contributed by atoms with E-state index in [9.17, 15) is 4.79 Å². The van der Waals surface area contributed by atoms with Gasteiger partial charge >= 0.3 is 0 Å². The number of hydrogen-bond donors (Lipinski definition) is 1. The van der Waals surface area contributed by atoms with Crippen molar-refractivity contribution < 1.29 is 4.79 Å². The van der Waals surface area contributed by atoms with Crippen LogP contribution in [0.5, 0.6) is 0 Å². The zero-order valence-electron chi connectivity index (χ0n) is 11.8. The van der Waals surface area contributed by atoms with Crippen molar-refractivity contribution >= 4 is 11.5 Å². The molecule has 2 nitrogen and oxygen atoms in total. The Labute approximate surface area is 120 Å². The molecule has 0 aliphatic rings. The predicted molar refractivity (Wildman–Crippen MR) is 83.1 cm³/mol. The van der Waals surface area contributed by atoms with Crippen LogP contribution in [0.15, 0.2) is 66.7 Å². The number of rotatable bonds is 5. The lowest BCUT2D eigenvalue weighted by Crippen LogP contribution is -2.18. The van der Waals surface area contributed by atoms with Crippen molar-refractivity contribution in [1.82, 2.24) is 5.32 Å². The molecule has 0 spiro atoms. The van der Waals surface area contributed by atoms with Crippen molar-refractivity contribution in [3.63, 3.8) is 0 Å². The molecule has 2 aromatic carbocycles. The Hall–Kier alpha value is -2.35. The summed E-state index contributed by atoms with van der Waals surface area (Å²) in [7, 11) is 0. The van der Waals surface area contributed by atoms with Crippen LogP contribution in [-0.4, -0.2) is 5.78 Å². The van der Waals surface area contributed by atoms with Crippen LogP contribution < -0.4 is 5.32 Å². The summed E-state index contributed by atoms with van der Waals surface area (Å²) in [6.45, 7) is 3.66. The van der Waals surface area contributed by atoms with Gasteiger partial charge in [-0.3, -0.25) is 4.79 Å². The second-order valence-corrected chi connectivity index (χ2v) is 4.81. The lowest BCUT2D eigenvalue weighted by molar-refractivity contribution is -0.112. The first-order valence-corrected chi connectivity index (χ1v) is 6.76. The molecule has 2 heteroatoms. The van der Waals surface area contributed by atoms with E-state index in [4.69, 9.17) is 0 Å². The molecular formula is C18H19NO. The van der Waals surface area contributed by atoms with Crippen molar-refractivity contribution in [1.29, 1.82) is 0 Å². The lowest BCUT2D eigenvalue weighted by atomic mass is 10.1. The highest BCUT2D eigenvalue weighted by Gasteiger charge is 2.08. The molecule has 0 aliphatic heterocycles. The molecule has 0 fully saturated rings. The molecule has 0 saturated carbocycles. The molecule has 0 amide bonds. The van der Waals surface area contributed by atoms with Gasteiger partial charge in [-0.2, -0.15) is 0 Å². The largest absolute Gasteiger partial charge is 0.378 e. The Balaban J connectivity index is 2.24. The number of ketones is 1. The number of nitrogens with one attached hydrogen (secondary N) is 1. The fraction of sp³-hybridized carbons (Fsp3) is 0.167. The fourth-order valence-electron chi connectivity index (χ4n) is 2.09. The van der Waals surface area contributed by atoms with Gasteiger partial charge in [0.15, 0.2) is 5.78 Å². The van der Waals surface area contributed by atoms with Gasteiger partial charge in [-0.1, -0.05) is 60.7 Å². The quantitative estimate of drug-likeness (QED) is 0.829. The Morgan fingerprint density at radius 1 is 1.00 bits per heavy atom. The second kappa shape index (κ2) is 6.71. The predicted octanol–water partition coefficient (Wildman–Crippen LogP) is 3.97. The van der Waals surface area contributed by atoms with Crippen molar-refractivity contribution in [2.45, 2.75) is 19.9 Å². The summed E-state index contributed by atoms with van der Waals surface area (Å²) in [5, 5.41) is 3.42. The van der Waals surface area contributed by atoms with Gasteiger partial charge in [0, 0.05) is 17.8 Å². The molecule has 1 unspecified atom stereocenters. The van der Waals surface area contributed by atoms with Gasteiger partial charge in [0.05, 0.1) is 0 Å². The smallest absolute Gasteiger partial charge is 0.154 e. The van der Waals surface area contributed by atoms with Crippen LogP contribution in [0.3, 0.4) is 0 Å². The van der Waals surface area contributed by atoms with Crippen molar-refractivity contribution in [2.24, 2.45) is 0 Å². The molecule has 0 bridgehead atoms. The molecule has 102 valence electrons. The zero-order valence-corrected chi connectivity index (χ0v) is 11.8. The first-order valence-electron chi connectivity index (χ1n) is 6.76. The number of hydrogen-bond acceptors (Lipinski definition) is 2. The van der Waals surface area contributed by atoms with Gasteiger partial charge in [-0.15, -0.1) is 0 Å². The molecule has 1 N–H and O–H groups in total. The van der Waals surface area contributed by atoms with E-state index in [1.165, 1.54) is 5.56 Å². The summed E-state index contributed by atoms with van der Waals surface area (Å²) in [6, 6.07) is 20.2. The van der Waals surface area contributed by atoms with Crippen LogP contribution in [0.4, 0.5) is 0 Å². The summed E-state index contributed by atoms with van der Waals surface area (Å²) in [5.74, 6) is 0.0385. The molecule has 0 saturated heterocycles. The molecule has 0 aliphatic carbocycles. The van der Waals surface area contributed by atoms with E-state index in [1.54, 1.807) is 13.0 Å². The highest BCUT2D eigenvalue weighted by atomic mass is 16.1. The van der Waals surface area contributed by atoms with Gasteiger partial charge in [0.2, 0.25) is 0 Å². The normalized spacial score (nSPS) is 12.8. The average molecular weight is 265 g/mol. The van der Waals surface area contributed by atoms with Gasteiger partial charge in [0.25, 0.3) is 0 Å². The monoisotopic (exact) mass is 265 g/mol. The van der Waals surface area contributed by atoms with Gasteiger partial charge in [-0.05, 0) is 25.0 Å². The zero-order chi connectivity index (χ0) is 14.4. The van der Waals surface area contributed by atoms with E-state index in [1.807, 2.05) is 48.5 Å². The van der Waals surface area contributed by atoms with E-state index in [0.29, 0.717) is 0 Å². The van der Waals surface area contributed by atoms with Crippen LogP contribution >= 0.6 is 0 Å². The SMILES string of the molecule is CC(=O)/C=C(/NC(C)c1ccccc1)c1ccccc1.